The zero-order valence-electron chi connectivity index (χ0n) is 26.2. The first kappa shape index (κ1) is 26.4. The molecule has 0 radical (unpaired) electrons. The van der Waals surface area contributed by atoms with Crippen LogP contribution in [0.1, 0.15) is 0 Å². The minimum Gasteiger partial charge on any atom is -0.436 e. The van der Waals surface area contributed by atoms with E-state index in [1.807, 2.05) is 12.3 Å². The molecule has 0 bridgehead atoms. The van der Waals surface area contributed by atoms with E-state index in [0.717, 1.165) is 60.9 Å². The van der Waals surface area contributed by atoms with Gasteiger partial charge in [-0.05, 0) is 65.4 Å². The van der Waals surface area contributed by atoms with Crippen LogP contribution in [-0.2, 0) is 0 Å². The molecule has 0 spiro atoms. The number of para-hydroxylation sites is 3. The SMILES string of the molecule is c1ccc(-n2c3ccccc3c3cc4c5ccccc5n(-c5cccc(-c6cnc7oc8ccc9ccccc9c8c7n6)c5)c4cc32)cc1. The van der Waals surface area contributed by atoms with E-state index in [-0.39, 0.29) is 0 Å². The number of furan rings is 1. The number of hydrogen-bond acceptors (Lipinski definition) is 3. The molecule has 11 aromatic rings. The number of hydrogen-bond donors (Lipinski definition) is 0. The van der Waals surface area contributed by atoms with Crippen molar-refractivity contribution < 1.29 is 4.42 Å². The lowest BCUT2D eigenvalue weighted by atomic mass is 10.1. The van der Waals surface area contributed by atoms with Crippen LogP contribution in [0.5, 0.6) is 0 Å². The van der Waals surface area contributed by atoms with Gasteiger partial charge >= 0.3 is 0 Å². The van der Waals surface area contributed by atoms with Crippen LogP contribution >= 0.6 is 0 Å². The fraction of sp³-hybridized carbons (Fsp3) is 0. The predicted octanol–water partition coefficient (Wildman–Crippen LogP) is 11.4. The van der Waals surface area contributed by atoms with Crippen LogP contribution in [0.2, 0.25) is 0 Å². The Morgan fingerprint density at radius 1 is 0.469 bits per heavy atom. The highest BCUT2D eigenvalue weighted by molar-refractivity contribution is 6.19. The third-order valence-electron chi connectivity index (χ3n) is 9.95. The van der Waals surface area contributed by atoms with Crippen LogP contribution in [0.25, 0.3) is 99.2 Å². The monoisotopic (exact) mass is 626 g/mol. The Balaban J connectivity index is 1.16. The Labute approximate surface area is 279 Å². The summed E-state index contributed by atoms with van der Waals surface area (Å²) in [6.45, 7) is 0. The summed E-state index contributed by atoms with van der Waals surface area (Å²) in [7, 11) is 0. The first-order valence-electron chi connectivity index (χ1n) is 16.5. The molecule has 5 heteroatoms. The summed E-state index contributed by atoms with van der Waals surface area (Å²) in [6.07, 6.45) is 1.82. The van der Waals surface area contributed by atoms with Gasteiger partial charge in [0.1, 0.15) is 11.1 Å². The van der Waals surface area contributed by atoms with Crippen LogP contribution in [0.15, 0.2) is 162 Å². The van der Waals surface area contributed by atoms with E-state index in [9.17, 15) is 0 Å². The van der Waals surface area contributed by atoms with Gasteiger partial charge in [-0.15, -0.1) is 0 Å². The van der Waals surface area contributed by atoms with E-state index in [0.29, 0.717) is 5.71 Å². The lowest BCUT2D eigenvalue weighted by Crippen LogP contribution is -1.96. The van der Waals surface area contributed by atoms with Crippen LogP contribution in [0, 0.1) is 0 Å². The van der Waals surface area contributed by atoms with Crippen molar-refractivity contribution in [1.29, 1.82) is 0 Å². The van der Waals surface area contributed by atoms with Crippen molar-refractivity contribution in [3.8, 4) is 22.6 Å². The highest BCUT2D eigenvalue weighted by atomic mass is 16.3. The molecule has 0 aliphatic rings. The molecule has 0 atom stereocenters. The molecule has 0 aliphatic carbocycles. The second kappa shape index (κ2) is 9.89. The van der Waals surface area contributed by atoms with Gasteiger partial charge in [0.05, 0.1) is 39.3 Å². The lowest BCUT2D eigenvalue weighted by Gasteiger charge is -2.11. The predicted molar refractivity (Wildman–Crippen MR) is 201 cm³/mol. The normalized spacial score (nSPS) is 12.1. The lowest BCUT2D eigenvalue weighted by molar-refractivity contribution is 0.653. The molecule has 0 N–H and O–H groups in total. The van der Waals surface area contributed by atoms with Gasteiger partial charge in [0.15, 0.2) is 0 Å². The number of fused-ring (bicyclic) bond motifs is 11. The molecule has 5 nitrogen and oxygen atoms in total. The second-order valence-electron chi connectivity index (χ2n) is 12.6. The molecule has 0 saturated carbocycles. The van der Waals surface area contributed by atoms with Crippen LogP contribution in [-0.4, -0.2) is 19.1 Å². The first-order valence-corrected chi connectivity index (χ1v) is 16.5. The summed E-state index contributed by atoms with van der Waals surface area (Å²) in [5, 5.41) is 8.20. The average Bonchev–Trinajstić information content (AvgIpc) is 3.81. The van der Waals surface area contributed by atoms with Gasteiger partial charge in [-0.3, -0.25) is 0 Å². The van der Waals surface area contributed by atoms with Crippen molar-refractivity contribution in [2.24, 2.45) is 0 Å². The first-order chi connectivity index (χ1) is 24.3. The molecule has 0 fully saturated rings. The summed E-state index contributed by atoms with van der Waals surface area (Å²) in [5.41, 5.74) is 10.8. The van der Waals surface area contributed by atoms with Gasteiger partial charge in [-0.1, -0.05) is 97.1 Å². The molecule has 4 aromatic heterocycles. The topological polar surface area (TPSA) is 48.8 Å². The fourth-order valence-corrected chi connectivity index (χ4v) is 7.81. The number of benzene rings is 7. The van der Waals surface area contributed by atoms with Crippen molar-refractivity contribution in [3.05, 3.63) is 158 Å². The van der Waals surface area contributed by atoms with Crippen molar-refractivity contribution in [2.45, 2.75) is 0 Å². The highest BCUT2D eigenvalue weighted by Crippen LogP contribution is 2.40. The molecule has 228 valence electrons. The molecule has 0 saturated heterocycles. The Bertz CT molecular complexity index is 3110. The van der Waals surface area contributed by atoms with Gasteiger partial charge in [-0.2, -0.15) is 0 Å². The third-order valence-corrected chi connectivity index (χ3v) is 9.95. The number of rotatable bonds is 3. The van der Waals surface area contributed by atoms with E-state index in [1.165, 1.54) is 32.6 Å². The standard InChI is InChI=1S/C44H26N4O/c1-2-13-29(14-3-1)47-37-19-8-6-17-32(37)34-24-35-33-18-7-9-20-38(33)48(40(35)25-39(34)47)30-15-10-12-28(23-30)36-26-45-44-43(46-36)42-31-16-5-4-11-27(31)21-22-41(42)49-44/h1-26H. The van der Waals surface area contributed by atoms with E-state index in [2.05, 4.69) is 155 Å². The zero-order chi connectivity index (χ0) is 32.1. The summed E-state index contributed by atoms with van der Waals surface area (Å²) in [5.74, 6) is 0. The zero-order valence-corrected chi connectivity index (χ0v) is 26.2. The van der Waals surface area contributed by atoms with Crippen molar-refractivity contribution >= 4 is 76.6 Å². The Morgan fingerprint density at radius 2 is 1.12 bits per heavy atom. The largest absolute Gasteiger partial charge is 0.436 e. The molecule has 7 aromatic carbocycles. The Morgan fingerprint density at radius 3 is 1.90 bits per heavy atom. The minimum atomic E-state index is 0.548. The van der Waals surface area contributed by atoms with E-state index < -0.39 is 0 Å². The van der Waals surface area contributed by atoms with Crippen molar-refractivity contribution in [2.75, 3.05) is 0 Å². The van der Waals surface area contributed by atoms with Gasteiger partial charge in [0.2, 0.25) is 5.71 Å². The van der Waals surface area contributed by atoms with Crippen LogP contribution < -0.4 is 0 Å². The van der Waals surface area contributed by atoms with Crippen molar-refractivity contribution in [1.82, 2.24) is 19.1 Å². The van der Waals surface area contributed by atoms with Gasteiger partial charge in [0.25, 0.3) is 0 Å². The van der Waals surface area contributed by atoms with Crippen molar-refractivity contribution in [3.63, 3.8) is 0 Å². The van der Waals surface area contributed by atoms with E-state index >= 15 is 0 Å². The molecule has 0 amide bonds. The highest BCUT2D eigenvalue weighted by Gasteiger charge is 2.19. The molecule has 4 heterocycles. The quantitative estimate of drug-likeness (QED) is 0.196. The molecular formula is C44H26N4O. The fourth-order valence-electron chi connectivity index (χ4n) is 7.81. The molecule has 0 aliphatic heterocycles. The van der Waals surface area contributed by atoms with Crippen LogP contribution in [0.3, 0.4) is 0 Å². The summed E-state index contributed by atoms with van der Waals surface area (Å²) >= 11 is 0. The average molecular weight is 627 g/mol. The smallest absolute Gasteiger partial charge is 0.246 e. The van der Waals surface area contributed by atoms with Gasteiger partial charge in [0, 0.05) is 38.5 Å². The summed E-state index contributed by atoms with van der Waals surface area (Å²) < 4.78 is 10.9. The van der Waals surface area contributed by atoms with Crippen LogP contribution in [0.4, 0.5) is 0 Å². The minimum absolute atomic E-state index is 0.548. The maximum atomic E-state index is 6.15. The summed E-state index contributed by atoms with van der Waals surface area (Å²) in [6, 6.07) is 53.8. The molecule has 11 rings (SSSR count). The summed E-state index contributed by atoms with van der Waals surface area (Å²) in [4.78, 5) is 9.92. The third kappa shape index (κ3) is 3.75. The Kier molecular flexibility index (Phi) is 5.32. The van der Waals surface area contributed by atoms with E-state index in [4.69, 9.17) is 14.4 Å². The van der Waals surface area contributed by atoms with Gasteiger partial charge in [-0.25, -0.2) is 9.97 Å². The number of nitrogens with zero attached hydrogens (tertiary/aromatic N) is 4. The van der Waals surface area contributed by atoms with E-state index in [1.54, 1.807) is 0 Å². The maximum Gasteiger partial charge on any atom is 0.246 e. The Hall–Kier alpha value is -6.72. The maximum absolute atomic E-state index is 6.15. The molecule has 49 heavy (non-hydrogen) atoms. The molecule has 0 unspecified atom stereocenters. The second-order valence-corrected chi connectivity index (χ2v) is 12.6. The van der Waals surface area contributed by atoms with Gasteiger partial charge < -0.3 is 13.6 Å². The molecular weight excluding hydrogens is 601 g/mol. The number of aromatic nitrogens is 4.